The van der Waals surface area contributed by atoms with Crippen molar-refractivity contribution in [3.05, 3.63) is 105 Å². The van der Waals surface area contributed by atoms with Gasteiger partial charge in [-0.3, -0.25) is 0 Å². The molecule has 0 N–H and O–H groups in total. The molecule has 49 heavy (non-hydrogen) atoms. The fourth-order valence-corrected chi connectivity index (χ4v) is 44.3. The Kier molecular flexibility index (Phi) is 8.87. The Labute approximate surface area is 306 Å². The van der Waals surface area contributed by atoms with Crippen molar-refractivity contribution in [1.29, 1.82) is 0 Å². The number of benzene rings is 3. The summed E-state index contributed by atoms with van der Waals surface area (Å²) in [5, 5.41) is 0. The molecule has 0 amide bonds. The summed E-state index contributed by atoms with van der Waals surface area (Å²) in [6.45, 7) is 16.7. The minimum atomic E-state index is -4.76. The Morgan fingerprint density at radius 1 is 0.735 bits per heavy atom. The first-order chi connectivity index (χ1) is 23.4. The Bertz CT molecular complexity index is 1810. The summed E-state index contributed by atoms with van der Waals surface area (Å²) in [6.07, 6.45) is 16.0. The van der Waals surface area contributed by atoms with E-state index in [0.717, 1.165) is 30.6 Å². The van der Waals surface area contributed by atoms with Crippen molar-refractivity contribution in [1.82, 2.24) is 0 Å². The van der Waals surface area contributed by atoms with Gasteiger partial charge in [0, 0.05) is 0 Å². The Hall–Kier alpha value is -1.18. The van der Waals surface area contributed by atoms with Crippen molar-refractivity contribution < 1.29 is 15.6 Å². The molecule has 6 aliphatic rings. The SMILES string of the molecule is CCC(C)C1=Cc2c(C(C)CC)cccc2[CH]1[Zr]([Cl])([Cl])([CH]1C(C)=Cc2c(-c3ccc(C45CC6CC(CC(C6)C4)C5)cc3)cccc21)[SiH](C)C. The first kappa shape index (κ1) is 34.9. The molecule has 4 atom stereocenters. The van der Waals surface area contributed by atoms with Gasteiger partial charge in [-0.15, -0.1) is 0 Å². The molecule has 259 valence electrons. The predicted molar refractivity (Wildman–Crippen MR) is 214 cm³/mol. The van der Waals surface area contributed by atoms with Crippen LogP contribution in [0.15, 0.2) is 71.8 Å². The first-order valence-corrected chi connectivity index (χ1v) is 36.0. The molecule has 4 unspecified atom stereocenters. The molecule has 6 aliphatic carbocycles. The van der Waals surface area contributed by atoms with Crippen LogP contribution in [0.5, 0.6) is 0 Å². The Morgan fingerprint density at radius 3 is 1.88 bits per heavy atom. The zero-order valence-electron chi connectivity index (χ0n) is 31.0. The van der Waals surface area contributed by atoms with Gasteiger partial charge in [0.2, 0.25) is 0 Å². The van der Waals surface area contributed by atoms with Gasteiger partial charge in [-0.1, -0.05) is 0 Å². The van der Waals surface area contributed by atoms with Crippen molar-refractivity contribution in [2.75, 3.05) is 0 Å². The molecule has 0 spiro atoms. The minimum absolute atomic E-state index is 0.133. The van der Waals surface area contributed by atoms with Crippen molar-refractivity contribution >= 4 is 35.1 Å². The van der Waals surface area contributed by atoms with E-state index in [1.54, 1.807) is 5.56 Å². The van der Waals surface area contributed by atoms with Crippen LogP contribution in [0.3, 0.4) is 0 Å². The molecule has 0 saturated heterocycles. The van der Waals surface area contributed by atoms with E-state index in [-0.39, 0.29) is 7.25 Å². The zero-order chi connectivity index (χ0) is 34.5. The summed E-state index contributed by atoms with van der Waals surface area (Å²) >= 11 is -4.76. The second kappa shape index (κ2) is 12.5. The van der Waals surface area contributed by atoms with E-state index in [4.69, 9.17) is 17.0 Å². The van der Waals surface area contributed by atoms with E-state index in [1.165, 1.54) is 88.6 Å². The van der Waals surface area contributed by atoms with E-state index in [0.29, 0.717) is 17.3 Å². The van der Waals surface area contributed by atoms with E-state index >= 15 is 0 Å². The molecule has 3 aromatic carbocycles. The second-order valence-corrected chi connectivity index (χ2v) is 60.3. The fraction of sp³-hybridized carbons (Fsp3) is 0.511. The van der Waals surface area contributed by atoms with E-state index in [1.807, 2.05) is 0 Å². The summed E-state index contributed by atoms with van der Waals surface area (Å²) in [5.41, 5.74) is 14.7. The van der Waals surface area contributed by atoms with Crippen LogP contribution in [0.2, 0.25) is 13.1 Å². The second-order valence-electron chi connectivity index (χ2n) is 17.8. The third-order valence-electron chi connectivity index (χ3n) is 14.8. The predicted octanol–water partition coefficient (Wildman–Crippen LogP) is 14.0. The van der Waals surface area contributed by atoms with Gasteiger partial charge in [0.15, 0.2) is 0 Å². The topological polar surface area (TPSA) is 0 Å². The van der Waals surface area contributed by atoms with Gasteiger partial charge < -0.3 is 0 Å². The van der Waals surface area contributed by atoms with Gasteiger partial charge in [-0.05, 0) is 0 Å². The van der Waals surface area contributed by atoms with Crippen LogP contribution in [-0.2, 0) is 21.0 Å². The van der Waals surface area contributed by atoms with Gasteiger partial charge in [-0.25, -0.2) is 0 Å². The molecule has 0 aromatic heterocycles. The fourth-order valence-electron chi connectivity index (χ4n) is 12.2. The van der Waals surface area contributed by atoms with Crippen LogP contribution in [0.25, 0.3) is 23.3 Å². The number of rotatable bonds is 9. The molecule has 9 rings (SSSR count). The average Bonchev–Trinajstić information content (AvgIpc) is 3.66. The quantitative estimate of drug-likeness (QED) is 0.190. The van der Waals surface area contributed by atoms with Crippen LogP contribution in [0.4, 0.5) is 0 Å². The van der Waals surface area contributed by atoms with Gasteiger partial charge >= 0.3 is 308 Å². The molecule has 4 fully saturated rings. The molecule has 3 aromatic rings. The maximum absolute atomic E-state index is 8.68. The Balaban J connectivity index is 1.22. The van der Waals surface area contributed by atoms with Crippen molar-refractivity contribution in [3.63, 3.8) is 0 Å². The van der Waals surface area contributed by atoms with Crippen LogP contribution in [0, 0.1) is 23.7 Å². The van der Waals surface area contributed by atoms with Gasteiger partial charge in [0.05, 0.1) is 0 Å². The van der Waals surface area contributed by atoms with Gasteiger partial charge in [0.25, 0.3) is 0 Å². The van der Waals surface area contributed by atoms with Crippen molar-refractivity contribution in [2.24, 2.45) is 23.7 Å². The molecule has 0 aliphatic heterocycles. The summed E-state index contributed by atoms with van der Waals surface area (Å²) in [7, 11) is 17.4. The first-order valence-electron chi connectivity index (χ1n) is 19.7. The summed E-state index contributed by atoms with van der Waals surface area (Å²) in [6, 6.07) is 24.0. The normalized spacial score (nSPS) is 30.4. The van der Waals surface area contributed by atoms with E-state index < -0.39 is 21.5 Å². The molecule has 4 saturated carbocycles. The molecule has 0 heterocycles. The van der Waals surface area contributed by atoms with Crippen LogP contribution < -0.4 is 0 Å². The maximum atomic E-state index is 8.68. The summed E-state index contributed by atoms with van der Waals surface area (Å²) < 4.78 is 0.293. The summed E-state index contributed by atoms with van der Waals surface area (Å²) in [4.78, 5) is 0. The van der Waals surface area contributed by atoms with Crippen LogP contribution in [0.1, 0.15) is 133 Å². The van der Waals surface area contributed by atoms with E-state index in [9.17, 15) is 0 Å². The summed E-state index contributed by atoms with van der Waals surface area (Å²) in [5.74, 6) is 2.27. The zero-order valence-corrected chi connectivity index (χ0v) is 36.1. The van der Waals surface area contributed by atoms with Gasteiger partial charge in [-0.2, -0.15) is 0 Å². The molecular formula is C45H57Cl2SiZr. The molecule has 0 nitrogen and oxygen atoms in total. The molecular weight excluding hydrogens is 731 g/mol. The van der Waals surface area contributed by atoms with Crippen LogP contribution in [-0.4, -0.2) is 5.92 Å². The third kappa shape index (κ3) is 5.25. The average molecular weight is 788 g/mol. The number of halogens is 2. The molecule has 4 heteroatoms. The van der Waals surface area contributed by atoms with Gasteiger partial charge in [0.1, 0.15) is 0 Å². The van der Waals surface area contributed by atoms with Crippen molar-refractivity contribution in [3.8, 4) is 11.1 Å². The number of fused-ring (bicyclic) bond motifs is 2. The van der Waals surface area contributed by atoms with Crippen LogP contribution >= 0.6 is 17.0 Å². The molecule has 0 radical (unpaired) electrons. The number of allylic oxidation sites excluding steroid dienone is 2. The monoisotopic (exact) mass is 785 g/mol. The third-order valence-corrected chi connectivity index (χ3v) is 66.7. The number of hydrogen-bond donors (Lipinski definition) is 0. The van der Waals surface area contributed by atoms with E-state index in [2.05, 4.69) is 121 Å². The van der Waals surface area contributed by atoms with Crippen molar-refractivity contribution in [2.45, 2.75) is 118 Å². The standard InChI is InChI=1S/C26H27.C17H23.C2H7Si.2ClH.Zr/c1-17-9-22-3-2-4-24(25(22)10-17)21-5-7-23(8-6-21)26-14-18-11-19(15-26)13-20(12-18)16-26;1-5-12(3)15-10-14-8-7-9-16(13(4)6-2)17(14)11-15;1-3-2;;;/h2-10,18-20H,11-16H2,1H3;7-13H,5-6H2,1-4H3;3H,1-2H3;2*1H;/q;;;;;+2/p-2. The Morgan fingerprint density at radius 2 is 1.31 bits per heavy atom. The molecule has 4 bridgehead atoms. The number of hydrogen-bond acceptors (Lipinski definition) is 0.